The molecule has 0 bridgehead atoms. The molecule has 116 valence electrons. The number of amides is 1. The molecule has 1 aliphatic rings. The Labute approximate surface area is 128 Å². The fraction of sp³-hybridized carbons (Fsp3) is 0.353. The van der Waals surface area contributed by atoms with E-state index in [2.05, 4.69) is 5.32 Å². The van der Waals surface area contributed by atoms with Crippen LogP contribution in [0.5, 0.6) is 0 Å². The van der Waals surface area contributed by atoms with E-state index in [4.69, 9.17) is 10.2 Å². The molecule has 1 fully saturated rings. The van der Waals surface area contributed by atoms with E-state index in [0.29, 0.717) is 23.8 Å². The molecule has 1 amide bonds. The molecular formula is C17H19FN2O2. The minimum absolute atomic E-state index is 0.0968. The van der Waals surface area contributed by atoms with E-state index >= 15 is 0 Å². The van der Waals surface area contributed by atoms with E-state index in [1.54, 1.807) is 30.3 Å². The highest BCUT2D eigenvalue weighted by atomic mass is 19.1. The number of hydrogen-bond donors (Lipinski definition) is 2. The van der Waals surface area contributed by atoms with E-state index in [-0.39, 0.29) is 23.5 Å². The monoisotopic (exact) mass is 302 g/mol. The zero-order valence-electron chi connectivity index (χ0n) is 12.2. The largest absolute Gasteiger partial charge is 0.451 e. The summed E-state index contributed by atoms with van der Waals surface area (Å²) in [7, 11) is 0. The zero-order chi connectivity index (χ0) is 15.5. The van der Waals surface area contributed by atoms with Gasteiger partial charge >= 0.3 is 0 Å². The van der Waals surface area contributed by atoms with Gasteiger partial charge in [-0.25, -0.2) is 4.39 Å². The number of halogens is 1. The van der Waals surface area contributed by atoms with Crippen molar-refractivity contribution < 1.29 is 13.6 Å². The van der Waals surface area contributed by atoms with Crippen molar-refractivity contribution in [3.63, 3.8) is 0 Å². The van der Waals surface area contributed by atoms with Crippen LogP contribution in [0.25, 0.3) is 11.3 Å². The highest BCUT2D eigenvalue weighted by Crippen LogP contribution is 2.27. The highest BCUT2D eigenvalue weighted by Gasteiger charge is 2.28. The fourth-order valence-corrected chi connectivity index (χ4v) is 3.01. The third kappa shape index (κ3) is 2.90. The van der Waals surface area contributed by atoms with Crippen LogP contribution in [0, 0.1) is 11.7 Å². The molecule has 2 aromatic rings. The van der Waals surface area contributed by atoms with Crippen molar-refractivity contribution in [3.05, 3.63) is 48.0 Å². The number of carbonyl (C=O) groups excluding carboxylic acids is 1. The Morgan fingerprint density at radius 3 is 2.86 bits per heavy atom. The molecule has 4 nitrogen and oxygen atoms in total. The molecule has 0 saturated heterocycles. The Morgan fingerprint density at radius 1 is 1.27 bits per heavy atom. The lowest BCUT2D eigenvalue weighted by atomic mass is 10.0. The number of hydrogen-bond acceptors (Lipinski definition) is 3. The lowest BCUT2D eigenvalue weighted by Gasteiger charge is -2.18. The summed E-state index contributed by atoms with van der Waals surface area (Å²) < 4.78 is 19.2. The fourth-order valence-electron chi connectivity index (χ4n) is 3.01. The second kappa shape index (κ2) is 6.32. The van der Waals surface area contributed by atoms with Crippen LogP contribution >= 0.6 is 0 Å². The lowest BCUT2D eigenvalue weighted by Crippen LogP contribution is -2.39. The van der Waals surface area contributed by atoms with E-state index in [1.165, 1.54) is 6.07 Å². The van der Waals surface area contributed by atoms with Crippen molar-refractivity contribution in [3.8, 4) is 11.3 Å². The van der Waals surface area contributed by atoms with Gasteiger partial charge in [-0.2, -0.15) is 0 Å². The summed E-state index contributed by atoms with van der Waals surface area (Å²) in [5, 5.41) is 2.97. The molecule has 3 rings (SSSR count). The number of nitrogens with two attached hydrogens (primary N) is 1. The van der Waals surface area contributed by atoms with Crippen molar-refractivity contribution in [2.45, 2.75) is 25.3 Å². The van der Waals surface area contributed by atoms with Gasteiger partial charge in [0.1, 0.15) is 11.6 Å². The summed E-state index contributed by atoms with van der Waals surface area (Å²) in [5.74, 6) is 0.228. The smallest absolute Gasteiger partial charge is 0.287 e. The predicted octanol–water partition coefficient (Wildman–Crippen LogP) is 2.94. The molecule has 0 unspecified atom stereocenters. The van der Waals surface area contributed by atoms with Gasteiger partial charge in [0.2, 0.25) is 0 Å². The molecule has 1 saturated carbocycles. The first-order chi connectivity index (χ1) is 10.7. The molecule has 1 aliphatic carbocycles. The van der Waals surface area contributed by atoms with Gasteiger partial charge < -0.3 is 15.5 Å². The second-order valence-corrected chi connectivity index (χ2v) is 5.65. The maximum absolute atomic E-state index is 13.7. The van der Waals surface area contributed by atoms with Gasteiger partial charge in [0.25, 0.3) is 5.91 Å². The third-order valence-corrected chi connectivity index (χ3v) is 4.25. The number of rotatable bonds is 4. The SMILES string of the molecule is NC[C@@H]1CCC[C@H]1NC(=O)c1ccc(-c2ccccc2F)o1. The molecule has 22 heavy (non-hydrogen) atoms. The normalized spacial score (nSPS) is 21.0. The van der Waals surface area contributed by atoms with Gasteiger partial charge in [0.05, 0.1) is 5.56 Å². The Bertz CT molecular complexity index is 668. The quantitative estimate of drug-likeness (QED) is 0.912. The van der Waals surface area contributed by atoms with Crippen molar-refractivity contribution in [1.82, 2.24) is 5.32 Å². The van der Waals surface area contributed by atoms with Crippen LogP contribution in [-0.4, -0.2) is 18.5 Å². The van der Waals surface area contributed by atoms with Crippen molar-refractivity contribution in [2.75, 3.05) is 6.54 Å². The highest BCUT2D eigenvalue weighted by molar-refractivity contribution is 5.92. The number of benzene rings is 1. The van der Waals surface area contributed by atoms with Crippen LogP contribution in [0.4, 0.5) is 4.39 Å². The molecule has 1 aromatic heterocycles. The van der Waals surface area contributed by atoms with Crippen molar-refractivity contribution >= 4 is 5.91 Å². The van der Waals surface area contributed by atoms with Gasteiger partial charge in [-0.1, -0.05) is 18.6 Å². The second-order valence-electron chi connectivity index (χ2n) is 5.65. The molecule has 2 atom stereocenters. The van der Waals surface area contributed by atoms with Crippen LogP contribution in [0.1, 0.15) is 29.8 Å². The average molecular weight is 302 g/mol. The van der Waals surface area contributed by atoms with Gasteiger partial charge in [-0.05, 0) is 49.6 Å². The van der Waals surface area contributed by atoms with Crippen LogP contribution < -0.4 is 11.1 Å². The van der Waals surface area contributed by atoms with Crippen molar-refractivity contribution in [1.29, 1.82) is 0 Å². The minimum Gasteiger partial charge on any atom is -0.451 e. The number of nitrogens with one attached hydrogen (secondary N) is 1. The van der Waals surface area contributed by atoms with Gasteiger partial charge in [-0.15, -0.1) is 0 Å². The number of carbonyl (C=O) groups is 1. The molecule has 1 aromatic carbocycles. The molecular weight excluding hydrogens is 283 g/mol. The average Bonchev–Trinajstić information content (AvgIpc) is 3.16. The summed E-state index contributed by atoms with van der Waals surface area (Å²) in [6, 6.07) is 9.61. The Hall–Kier alpha value is -2.14. The van der Waals surface area contributed by atoms with E-state index < -0.39 is 0 Å². The summed E-state index contributed by atoms with van der Waals surface area (Å²) >= 11 is 0. The minimum atomic E-state index is -0.372. The standard InChI is InChI=1S/C17H19FN2O2/c18-13-6-2-1-5-12(13)15-8-9-16(22-15)17(21)20-14-7-3-4-11(14)10-19/h1-2,5-6,8-9,11,14H,3-4,7,10,19H2,(H,20,21)/t11-,14+/m0/s1. The summed E-state index contributed by atoms with van der Waals surface area (Å²) in [6.07, 6.45) is 3.06. The van der Waals surface area contributed by atoms with E-state index in [0.717, 1.165) is 19.3 Å². The predicted molar refractivity (Wildman–Crippen MR) is 81.8 cm³/mol. The first kappa shape index (κ1) is 14.8. The van der Waals surface area contributed by atoms with E-state index in [1.807, 2.05) is 0 Å². The van der Waals surface area contributed by atoms with E-state index in [9.17, 15) is 9.18 Å². The van der Waals surface area contributed by atoms with Gasteiger partial charge in [-0.3, -0.25) is 4.79 Å². The first-order valence-corrected chi connectivity index (χ1v) is 7.54. The molecule has 3 N–H and O–H groups in total. The Balaban J connectivity index is 1.73. The van der Waals surface area contributed by atoms with Crippen LogP contribution in [0.2, 0.25) is 0 Å². The van der Waals surface area contributed by atoms with Crippen LogP contribution in [0.15, 0.2) is 40.8 Å². The third-order valence-electron chi connectivity index (χ3n) is 4.25. The Kier molecular flexibility index (Phi) is 4.24. The molecule has 0 aliphatic heterocycles. The summed E-state index contributed by atoms with van der Waals surface area (Å²) in [5.41, 5.74) is 6.07. The van der Waals surface area contributed by atoms with Crippen LogP contribution in [-0.2, 0) is 0 Å². The molecule has 5 heteroatoms. The molecule has 1 heterocycles. The lowest BCUT2D eigenvalue weighted by molar-refractivity contribution is 0.0901. The summed E-state index contributed by atoms with van der Waals surface area (Å²) in [6.45, 7) is 0.573. The Morgan fingerprint density at radius 2 is 2.09 bits per heavy atom. The first-order valence-electron chi connectivity index (χ1n) is 7.54. The molecule has 0 radical (unpaired) electrons. The maximum atomic E-state index is 13.7. The van der Waals surface area contributed by atoms with Gasteiger partial charge in [0, 0.05) is 6.04 Å². The maximum Gasteiger partial charge on any atom is 0.287 e. The van der Waals surface area contributed by atoms with Gasteiger partial charge in [0.15, 0.2) is 5.76 Å². The molecule has 0 spiro atoms. The summed E-state index contributed by atoms with van der Waals surface area (Å²) in [4.78, 5) is 12.3. The van der Waals surface area contributed by atoms with Crippen LogP contribution in [0.3, 0.4) is 0 Å². The van der Waals surface area contributed by atoms with Crippen molar-refractivity contribution in [2.24, 2.45) is 11.7 Å². The number of furan rings is 1. The topological polar surface area (TPSA) is 68.3 Å². The zero-order valence-corrected chi connectivity index (χ0v) is 12.2.